The molecule has 1 atom stereocenters. The lowest BCUT2D eigenvalue weighted by Crippen LogP contribution is -2.45. The van der Waals surface area contributed by atoms with E-state index in [1.165, 1.54) is 56.1 Å². The molecule has 3 nitrogen and oxygen atoms in total. The van der Waals surface area contributed by atoms with Crippen LogP contribution in [0.2, 0.25) is 0 Å². The Bertz CT molecular complexity index is 385. The number of rotatable bonds is 12. The molecule has 0 aliphatic carbocycles. The number of aryl methyl sites for hydroxylation is 2. The van der Waals surface area contributed by atoms with Crippen molar-refractivity contribution in [2.75, 3.05) is 13.7 Å². The van der Waals surface area contributed by atoms with Crippen LogP contribution in [0.4, 0.5) is 0 Å². The molecule has 0 heterocycles. The molecule has 1 aromatic carbocycles. The van der Waals surface area contributed by atoms with Crippen LogP contribution in [0.15, 0.2) is 24.3 Å². The fraction of sp³-hybridized carbons (Fsp3) is 0.684. The van der Waals surface area contributed by atoms with Gasteiger partial charge in [-0.05, 0) is 36.8 Å². The third kappa shape index (κ3) is 7.39. The number of hydrogen-bond donors (Lipinski definition) is 2. The summed E-state index contributed by atoms with van der Waals surface area (Å²) in [7, 11) is 1.54. The zero-order chi connectivity index (χ0) is 16.3. The maximum absolute atomic E-state index is 9.23. The quantitative estimate of drug-likeness (QED) is 0.456. The normalized spacial score (nSPS) is 14.0. The number of unbranched alkanes of at least 4 members (excludes halogenated alkanes) is 5. The fourth-order valence-electron chi connectivity index (χ4n) is 2.58. The summed E-state index contributed by atoms with van der Waals surface area (Å²) in [5, 5.41) is 9.23. The highest BCUT2D eigenvalue weighted by Crippen LogP contribution is 2.15. The predicted molar refractivity (Wildman–Crippen MR) is 92.9 cm³/mol. The molecule has 22 heavy (non-hydrogen) atoms. The van der Waals surface area contributed by atoms with E-state index in [4.69, 9.17) is 10.5 Å². The minimum atomic E-state index is -0.919. The van der Waals surface area contributed by atoms with Crippen LogP contribution in [0.25, 0.3) is 0 Å². The van der Waals surface area contributed by atoms with Crippen molar-refractivity contribution in [2.45, 2.75) is 70.4 Å². The van der Waals surface area contributed by atoms with Crippen molar-refractivity contribution in [1.82, 2.24) is 0 Å². The number of hydrogen-bond acceptors (Lipinski definition) is 3. The molecule has 0 spiro atoms. The van der Waals surface area contributed by atoms with E-state index in [1.54, 1.807) is 7.11 Å². The van der Waals surface area contributed by atoms with Crippen LogP contribution in [0.5, 0.6) is 0 Å². The molecule has 0 aromatic heterocycles. The van der Waals surface area contributed by atoms with Crippen LogP contribution in [0.3, 0.4) is 0 Å². The van der Waals surface area contributed by atoms with E-state index in [1.807, 2.05) is 0 Å². The largest absolute Gasteiger partial charge is 0.392 e. The van der Waals surface area contributed by atoms with E-state index < -0.39 is 5.72 Å². The van der Waals surface area contributed by atoms with Gasteiger partial charge in [0.25, 0.3) is 0 Å². The molecule has 3 heteroatoms. The van der Waals surface area contributed by atoms with Crippen LogP contribution in [0, 0.1) is 0 Å². The summed E-state index contributed by atoms with van der Waals surface area (Å²) in [6.07, 6.45) is 10.6. The molecule has 0 aliphatic heterocycles. The van der Waals surface area contributed by atoms with Gasteiger partial charge in [0, 0.05) is 7.11 Å². The number of aliphatic hydroxyl groups excluding tert-OH is 1. The molecule has 0 unspecified atom stereocenters. The molecule has 3 N–H and O–H groups in total. The lowest BCUT2D eigenvalue weighted by Gasteiger charge is -2.25. The molecule has 1 aromatic rings. The van der Waals surface area contributed by atoms with Gasteiger partial charge in [-0.2, -0.15) is 0 Å². The summed E-state index contributed by atoms with van der Waals surface area (Å²) in [5.74, 6) is 0. The Kier molecular flexibility index (Phi) is 9.37. The molecule has 0 fully saturated rings. The number of ether oxygens (including phenoxy) is 1. The predicted octanol–water partition coefficient (Wildman–Crippen LogP) is 3.82. The van der Waals surface area contributed by atoms with Crippen LogP contribution in [0.1, 0.15) is 63.0 Å². The first-order chi connectivity index (χ1) is 10.6. The van der Waals surface area contributed by atoms with Gasteiger partial charge in [0.15, 0.2) is 0 Å². The van der Waals surface area contributed by atoms with Gasteiger partial charge in [0.1, 0.15) is 5.72 Å². The molecule has 1 rings (SSSR count). The van der Waals surface area contributed by atoms with E-state index in [0.717, 1.165) is 6.42 Å². The smallest absolute Gasteiger partial charge is 0.139 e. The Labute approximate surface area is 135 Å². The summed E-state index contributed by atoms with van der Waals surface area (Å²) in [5.41, 5.74) is 7.65. The first kappa shape index (κ1) is 19.1. The van der Waals surface area contributed by atoms with Gasteiger partial charge in [-0.25, -0.2) is 0 Å². The zero-order valence-electron chi connectivity index (χ0n) is 14.3. The van der Waals surface area contributed by atoms with Crippen molar-refractivity contribution < 1.29 is 9.84 Å². The van der Waals surface area contributed by atoms with Crippen molar-refractivity contribution in [3.63, 3.8) is 0 Å². The van der Waals surface area contributed by atoms with Crippen molar-refractivity contribution in [3.8, 4) is 0 Å². The number of nitrogens with two attached hydrogens (primary N) is 1. The first-order valence-electron chi connectivity index (χ1n) is 8.66. The molecule has 0 amide bonds. The van der Waals surface area contributed by atoms with Crippen molar-refractivity contribution in [3.05, 3.63) is 35.4 Å². The second-order valence-electron chi connectivity index (χ2n) is 6.26. The maximum Gasteiger partial charge on any atom is 0.139 e. The average Bonchev–Trinajstić information content (AvgIpc) is 2.57. The van der Waals surface area contributed by atoms with Crippen molar-refractivity contribution in [1.29, 1.82) is 0 Å². The number of methoxy groups -OCH3 is 1. The van der Waals surface area contributed by atoms with Gasteiger partial charge in [0.2, 0.25) is 0 Å². The monoisotopic (exact) mass is 307 g/mol. The molecule has 0 radical (unpaired) electrons. The third-order valence-electron chi connectivity index (χ3n) is 4.35. The van der Waals surface area contributed by atoms with E-state index >= 15 is 0 Å². The molecule has 0 saturated heterocycles. The molecule has 0 aliphatic rings. The Hall–Kier alpha value is -0.900. The number of aliphatic hydroxyl groups is 1. The second kappa shape index (κ2) is 10.8. The van der Waals surface area contributed by atoms with E-state index in [0.29, 0.717) is 6.42 Å². The summed E-state index contributed by atoms with van der Waals surface area (Å²) in [4.78, 5) is 0. The molecule has 0 saturated carbocycles. The SMILES string of the molecule is CCCCCCCCc1ccc(CC[C@](N)(CO)OC)cc1. The van der Waals surface area contributed by atoms with Gasteiger partial charge in [-0.3, -0.25) is 0 Å². The standard InChI is InChI=1S/C19H33NO2/c1-3-4-5-6-7-8-9-17-10-12-18(13-11-17)14-15-19(20,16-21)22-2/h10-13,21H,3-9,14-16,20H2,1-2H3/t19-/m1/s1. The Morgan fingerprint density at radius 1 is 0.955 bits per heavy atom. The van der Waals surface area contributed by atoms with Gasteiger partial charge < -0.3 is 15.6 Å². The minimum Gasteiger partial charge on any atom is -0.392 e. The maximum atomic E-state index is 9.23. The highest BCUT2D eigenvalue weighted by molar-refractivity contribution is 5.23. The third-order valence-corrected chi connectivity index (χ3v) is 4.35. The topological polar surface area (TPSA) is 55.5 Å². The van der Waals surface area contributed by atoms with Crippen molar-refractivity contribution in [2.24, 2.45) is 5.73 Å². The lowest BCUT2D eigenvalue weighted by molar-refractivity contribution is -0.0527. The summed E-state index contributed by atoms with van der Waals surface area (Å²) >= 11 is 0. The van der Waals surface area contributed by atoms with Gasteiger partial charge in [-0.15, -0.1) is 0 Å². The van der Waals surface area contributed by atoms with Crippen LogP contribution >= 0.6 is 0 Å². The average molecular weight is 307 g/mol. The van der Waals surface area contributed by atoms with Crippen molar-refractivity contribution >= 4 is 0 Å². The van der Waals surface area contributed by atoms with Gasteiger partial charge in [0.05, 0.1) is 6.61 Å². The Balaban J connectivity index is 2.28. The zero-order valence-corrected chi connectivity index (χ0v) is 14.3. The lowest BCUT2D eigenvalue weighted by atomic mass is 10.00. The molecule has 126 valence electrons. The van der Waals surface area contributed by atoms with E-state index in [-0.39, 0.29) is 6.61 Å². The highest BCUT2D eigenvalue weighted by atomic mass is 16.5. The van der Waals surface area contributed by atoms with E-state index in [2.05, 4.69) is 31.2 Å². The van der Waals surface area contributed by atoms with E-state index in [9.17, 15) is 5.11 Å². The van der Waals surface area contributed by atoms with Crippen LogP contribution < -0.4 is 5.73 Å². The van der Waals surface area contributed by atoms with Crippen LogP contribution in [-0.2, 0) is 17.6 Å². The molecule has 0 bridgehead atoms. The molecular formula is C19H33NO2. The first-order valence-corrected chi connectivity index (χ1v) is 8.66. The highest BCUT2D eigenvalue weighted by Gasteiger charge is 2.22. The number of benzene rings is 1. The Morgan fingerprint density at radius 2 is 1.50 bits per heavy atom. The summed E-state index contributed by atoms with van der Waals surface area (Å²) in [6, 6.07) is 8.76. The second-order valence-corrected chi connectivity index (χ2v) is 6.26. The summed E-state index contributed by atoms with van der Waals surface area (Å²) < 4.78 is 5.15. The fourth-order valence-corrected chi connectivity index (χ4v) is 2.58. The van der Waals surface area contributed by atoms with Crippen LogP contribution in [-0.4, -0.2) is 24.5 Å². The van der Waals surface area contributed by atoms with Gasteiger partial charge >= 0.3 is 0 Å². The molecular weight excluding hydrogens is 274 g/mol. The minimum absolute atomic E-state index is 0.153. The summed E-state index contributed by atoms with van der Waals surface area (Å²) in [6.45, 7) is 2.10. The Morgan fingerprint density at radius 3 is 2.05 bits per heavy atom. The van der Waals surface area contributed by atoms with Gasteiger partial charge in [-0.1, -0.05) is 63.3 Å².